The van der Waals surface area contributed by atoms with Gasteiger partial charge in [-0.25, -0.2) is 0 Å². The zero-order valence-corrected chi connectivity index (χ0v) is 14.9. The molecule has 0 aliphatic carbocycles. The van der Waals surface area contributed by atoms with Crippen LogP contribution in [0.25, 0.3) is 0 Å². The Balaban J connectivity index is 1.88. The summed E-state index contributed by atoms with van der Waals surface area (Å²) in [7, 11) is 4.18. The summed E-state index contributed by atoms with van der Waals surface area (Å²) in [6.07, 6.45) is 1.05. The number of benzene rings is 1. The first-order valence-corrected chi connectivity index (χ1v) is 8.72. The summed E-state index contributed by atoms with van der Waals surface area (Å²) >= 11 is 7.17. The van der Waals surface area contributed by atoms with Gasteiger partial charge in [0.1, 0.15) is 0 Å². The van der Waals surface area contributed by atoms with Gasteiger partial charge in [-0.1, -0.05) is 25.1 Å². The SMILES string of the molecule is CCc1ccc(NC(=S)NC[C@H](c2cccs2)N(C)C)cc1. The van der Waals surface area contributed by atoms with Crippen molar-refractivity contribution in [3.63, 3.8) is 0 Å². The summed E-state index contributed by atoms with van der Waals surface area (Å²) in [6, 6.07) is 12.9. The monoisotopic (exact) mass is 333 g/mol. The number of thiocarbonyl (C=S) groups is 1. The van der Waals surface area contributed by atoms with Gasteiger partial charge in [0, 0.05) is 17.1 Å². The number of anilines is 1. The van der Waals surface area contributed by atoms with Crippen LogP contribution in [0.1, 0.15) is 23.4 Å². The number of likely N-dealkylation sites (N-methyl/N-ethyl adjacent to an activating group) is 1. The van der Waals surface area contributed by atoms with Gasteiger partial charge in [0.05, 0.1) is 6.04 Å². The normalized spacial score (nSPS) is 12.2. The van der Waals surface area contributed by atoms with E-state index in [1.807, 2.05) is 0 Å². The minimum atomic E-state index is 0.321. The Morgan fingerprint density at radius 1 is 1.23 bits per heavy atom. The first-order valence-electron chi connectivity index (χ1n) is 7.43. The molecule has 0 spiro atoms. The summed E-state index contributed by atoms with van der Waals surface area (Å²) < 4.78 is 0. The molecule has 2 rings (SSSR count). The Hall–Kier alpha value is -1.43. The molecule has 0 aliphatic rings. The van der Waals surface area contributed by atoms with Crippen LogP contribution in [-0.4, -0.2) is 30.7 Å². The highest BCUT2D eigenvalue weighted by atomic mass is 32.1. The zero-order chi connectivity index (χ0) is 15.9. The van der Waals surface area contributed by atoms with E-state index in [-0.39, 0.29) is 0 Å². The maximum absolute atomic E-state index is 5.39. The van der Waals surface area contributed by atoms with Crippen LogP contribution in [0.4, 0.5) is 5.69 Å². The number of nitrogens with zero attached hydrogens (tertiary/aromatic N) is 1. The highest BCUT2D eigenvalue weighted by molar-refractivity contribution is 7.80. The molecule has 2 N–H and O–H groups in total. The smallest absolute Gasteiger partial charge is 0.170 e. The van der Waals surface area contributed by atoms with E-state index >= 15 is 0 Å². The lowest BCUT2D eigenvalue weighted by atomic mass is 10.1. The average Bonchev–Trinajstić information content (AvgIpc) is 3.02. The molecule has 0 amide bonds. The zero-order valence-electron chi connectivity index (χ0n) is 13.3. The molecule has 118 valence electrons. The van der Waals surface area contributed by atoms with Gasteiger partial charge < -0.3 is 15.5 Å². The van der Waals surface area contributed by atoms with Gasteiger partial charge in [0.25, 0.3) is 0 Å². The number of nitrogens with one attached hydrogen (secondary N) is 2. The minimum Gasteiger partial charge on any atom is -0.360 e. The Bertz CT molecular complexity index is 576. The molecule has 1 aromatic heterocycles. The van der Waals surface area contributed by atoms with E-state index < -0.39 is 0 Å². The Labute approximate surface area is 142 Å². The minimum absolute atomic E-state index is 0.321. The number of aryl methyl sites for hydroxylation is 1. The lowest BCUT2D eigenvalue weighted by molar-refractivity contribution is 0.303. The predicted molar refractivity (Wildman–Crippen MR) is 101 cm³/mol. The topological polar surface area (TPSA) is 27.3 Å². The van der Waals surface area contributed by atoms with Crippen LogP contribution >= 0.6 is 23.6 Å². The van der Waals surface area contributed by atoms with Gasteiger partial charge in [-0.15, -0.1) is 11.3 Å². The van der Waals surface area contributed by atoms with Crippen molar-refractivity contribution in [3.05, 3.63) is 52.2 Å². The van der Waals surface area contributed by atoms with Gasteiger partial charge in [0.2, 0.25) is 0 Å². The molecule has 1 aromatic carbocycles. The highest BCUT2D eigenvalue weighted by Crippen LogP contribution is 2.22. The van der Waals surface area contributed by atoms with Crippen LogP contribution in [0.5, 0.6) is 0 Å². The van der Waals surface area contributed by atoms with Crippen molar-refractivity contribution in [2.75, 3.05) is 26.0 Å². The van der Waals surface area contributed by atoms with Gasteiger partial charge in [-0.2, -0.15) is 0 Å². The van der Waals surface area contributed by atoms with Crippen molar-refractivity contribution in [2.24, 2.45) is 0 Å². The quantitative estimate of drug-likeness (QED) is 0.784. The fourth-order valence-corrected chi connectivity index (χ4v) is 3.33. The highest BCUT2D eigenvalue weighted by Gasteiger charge is 2.15. The number of rotatable bonds is 6. The summed E-state index contributed by atoms with van der Waals surface area (Å²) in [6.45, 7) is 2.94. The van der Waals surface area contributed by atoms with Crippen LogP contribution < -0.4 is 10.6 Å². The van der Waals surface area contributed by atoms with E-state index in [1.54, 1.807) is 11.3 Å². The lowest BCUT2D eigenvalue weighted by Gasteiger charge is -2.24. The molecule has 0 fully saturated rings. The molecule has 1 heterocycles. The van der Waals surface area contributed by atoms with E-state index in [1.165, 1.54) is 10.4 Å². The standard InChI is InChI=1S/C17H23N3S2/c1-4-13-7-9-14(10-8-13)19-17(21)18-12-15(20(2)3)16-6-5-11-22-16/h5-11,15H,4,12H2,1-3H3,(H2,18,19,21)/t15-/m1/s1. The summed E-state index contributed by atoms with van der Waals surface area (Å²) in [5, 5.41) is 9.32. The molecule has 0 aliphatic heterocycles. The van der Waals surface area contributed by atoms with E-state index in [2.05, 4.69) is 78.3 Å². The molecule has 1 atom stereocenters. The molecule has 0 saturated carbocycles. The summed E-state index contributed by atoms with van der Waals surface area (Å²) in [5.74, 6) is 0. The van der Waals surface area contributed by atoms with Crippen molar-refractivity contribution in [3.8, 4) is 0 Å². The van der Waals surface area contributed by atoms with Crippen LogP contribution in [0.3, 0.4) is 0 Å². The first kappa shape index (κ1) is 16.9. The van der Waals surface area contributed by atoms with Gasteiger partial charge in [-0.05, 0) is 61.9 Å². The maximum Gasteiger partial charge on any atom is 0.170 e. The second-order valence-corrected chi connectivity index (χ2v) is 6.77. The number of hydrogen-bond donors (Lipinski definition) is 2. The third-order valence-corrected chi connectivity index (χ3v) is 4.79. The van der Waals surface area contributed by atoms with Gasteiger partial charge in [-0.3, -0.25) is 0 Å². The van der Waals surface area contributed by atoms with Crippen molar-refractivity contribution >= 4 is 34.4 Å². The fourth-order valence-electron chi connectivity index (χ4n) is 2.21. The Morgan fingerprint density at radius 2 is 1.95 bits per heavy atom. The van der Waals surface area contributed by atoms with Gasteiger partial charge >= 0.3 is 0 Å². The molecule has 0 bridgehead atoms. The number of thiophene rings is 1. The van der Waals surface area contributed by atoms with E-state index in [4.69, 9.17) is 12.2 Å². The van der Waals surface area contributed by atoms with Crippen molar-refractivity contribution < 1.29 is 0 Å². The van der Waals surface area contributed by atoms with Crippen LogP contribution in [0, 0.1) is 0 Å². The predicted octanol–water partition coefficient (Wildman–Crippen LogP) is 3.90. The third-order valence-electron chi connectivity index (χ3n) is 3.57. The Kier molecular flexibility index (Phi) is 6.36. The van der Waals surface area contributed by atoms with Crippen LogP contribution in [0.2, 0.25) is 0 Å². The van der Waals surface area contributed by atoms with Crippen LogP contribution in [0.15, 0.2) is 41.8 Å². The van der Waals surface area contributed by atoms with E-state index in [9.17, 15) is 0 Å². The molecular formula is C17H23N3S2. The molecule has 2 aromatic rings. The number of hydrogen-bond acceptors (Lipinski definition) is 3. The second-order valence-electron chi connectivity index (χ2n) is 5.38. The van der Waals surface area contributed by atoms with Crippen molar-refractivity contribution in [1.82, 2.24) is 10.2 Å². The second kappa shape index (κ2) is 8.27. The lowest BCUT2D eigenvalue weighted by Crippen LogP contribution is -2.36. The average molecular weight is 334 g/mol. The first-order chi connectivity index (χ1) is 10.6. The molecule has 22 heavy (non-hydrogen) atoms. The van der Waals surface area contributed by atoms with Crippen LogP contribution in [-0.2, 0) is 6.42 Å². The largest absolute Gasteiger partial charge is 0.360 e. The van der Waals surface area contributed by atoms with Crippen molar-refractivity contribution in [1.29, 1.82) is 0 Å². The van der Waals surface area contributed by atoms with Gasteiger partial charge in [0.15, 0.2) is 5.11 Å². The molecule has 3 nitrogen and oxygen atoms in total. The molecule has 0 saturated heterocycles. The third kappa shape index (κ3) is 4.80. The molecule has 0 unspecified atom stereocenters. The summed E-state index contributed by atoms with van der Waals surface area (Å²) in [4.78, 5) is 3.55. The molecular weight excluding hydrogens is 310 g/mol. The van der Waals surface area contributed by atoms with E-state index in [0.717, 1.165) is 18.7 Å². The molecule has 0 radical (unpaired) electrons. The Morgan fingerprint density at radius 3 is 2.50 bits per heavy atom. The van der Waals surface area contributed by atoms with Crippen molar-refractivity contribution in [2.45, 2.75) is 19.4 Å². The fraction of sp³-hybridized carbons (Fsp3) is 0.353. The summed E-state index contributed by atoms with van der Waals surface area (Å²) in [5.41, 5.74) is 2.35. The maximum atomic E-state index is 5.39. The van der Waals surface area contributed by atoms with E-state index in [0.29, 0.717) is 11.2 Å². The molecule has 5 heteroatoms.